The molecular weight excluding hydrogens is 438 g/mol. The Labute approximate surface area is 184 Å². The fraction of sp³-hybridized carbons (Fsp3) is 0.130. The lowest BCUT2D eigenvalue weighted by atomic mass is 10.1. The molecule has 0 saturated carbocycles. The van der Waals surface area contributed by atoms with Crippen LogP contribution in [0.3, 0.4) is 0 Å². The van der Waals surface area contributed by atoms with Gasteiger partial charge in [-0.3, -0.25) is 4.79 Å². The zero-order chi connectivity index (χ0) is 22.0. The molecule has 0 N–H and O–H groups in total. The lowest BCUT2D eigenvalue weighted by Crippen LogP contribution is -2.07. The number of carbonyl (C=O) groups excluding carboxylic acids is 1. The zero-order valence-electron chi connectivity index (χ0n) is 16.5. The average molecular weight is 456 g/mol. The molecular formula is C23H18ClNO5S. The van der Waals surface area contributed by atoms with Gasteiger partial charge in [0, 0.05) is 16.7 Å². The summed E-state index contributed by atoms with van der Waals surface area (Å²) in [5.74, 6) is 0.0743. The first-order chi connectivity index (χ1) is 14.9. The predicted octanol–water partition coefficient (Wildman–Crippen LogP) is 5.09. The summed E-state index contributed by atoms with van der Waals surface area (Å²) in [6.07, 6.45) is 0.188. The third-order valence-electron chi connectivity index (χ3n) is 4.65. The van der Waals surface area contributed by atoms with Crippen molar-refractivity contribution in [3.05, 3.63) is 77.3 Å². The van der Waals surface area contributed by atoms with E-state index in [1.54, 1.807) is 37.3 Å². The maximum absolute atomic E-state index is 12.9. The van der Waals surface area contributed by atoms with E-state index in [4.69, 9.17) is 20.8 Å². The molecule has 0 unspecified atom stereocenters. The molecule has 1 heterocycles. The molecule has 3 aromatic carbocycles. The second-order valence-electron chi connectivity index (χ2n) is 6.78. The van der Waals surface area contributed by atoms with Crippen LogP contribution >= 0.6 is 11.6 Å². The van der Waals surface area contributed by atoms with E-state index in [0.717, 1.165) is 5.56 Å². The highest BCUT2D eigenvalue weighted by Crippen LogP contribution is 2.29. The Morgan fingerprint density at radius 3 is 2.35 bits per heavy atom. The number of fused-ring (bicyclic) bond motifs is 1. The van der Waals surface area contributed by atoms with E-state index in [-0.39, 0.29) is 22.2 Å². The van der Waals surface area contributed by atoms with Crippen molar-refractivity contribution in [3.63, 3.8) is 0 Å². The second kappa shape index (κ2) is 8.53. The Kier molecular flexibility index (Phi) is 5.80. The predicted molar refractivity (Wildman–Crippen MR) is 117 cm³/mol. The van der Waals surface area contributed by atoms with Gasteiger partial charge in [-0.15, -0.1) is 0 Å². The maximum atomic E-state index is 12.9. The van der Waals surface area contributed by atoms with Crippen LogP contribution in [0.4, 0.5) is 0 Å². The summed E-state index contributed by atoms with van der Waals surface area (Å²) in [4.78, 5) is 16.3. The minimum absolute atomic E-state index is 0.106. The molecule has 0 aliphatic rings. The number of sulfone groups is 1. The number of nitrogens with zero attached hydrogens (tertiary/aromatic N) is 1. The molecule has 158 valence electrons. The number of oxazole rings is 1. The van der Waals surface area contributed by atoms with E-state index in [0.29, 0.717) is 34.2 Å². The maximum Gasteiger partial charge on any atom is 0.310 e. The third kappa shape index (κ3) is 4.47. The normalized spacial score (nSPS) is 11.5. The molecule has 0 bridgehead atoms. The summed E-state index contributed by atoms with van der Waals surface area (Å²) in [6, 6.07) is 17.8. The van der Waals surface area contributed by atoms with Gasteiger partial charge in [-0.1, -0.05) is 23.7 Å². The molecule has 0 radical (unpaired) electrons. The van der Waals surface area contributed by atoms with Gasteiger partial charge in [0.2, 0.25) is 15.7 Å². The molecule has 0 aliphatic heterocycles. The van der Waals surface area contributed by atoms with Gasteiger partial charge < -0.3 is 9.15 Å². The van der Waals surface area contributed by atoms with E-state index in [1.165, 1.54) is 36.4 Å². The lowest BCUT2D eigenvalue weighted by Gasteiger charge is -2.04. The van der Waals surface area contributed by atoms with Crippen LogP contribution in [0.25, 0.3) is 22.6 Å². The second-order valence-corrected chi connectivity index (χ2v) is 9.17. The number of benzene rings is 3. The molecule has 0 aliphatic carbocycles. The zero-order valence-corrected chi connectivity index (χ0v) is 18.1. The number of carbonyl (C=O) groups is 1. The van der Waals surface area contributed by atoms with E-state index < -0.39 is 9.84 Å². The van der Waals surface area contributed by atoms with Crippen molar-refractivity contribution in [2.24, 2.45) is 0 Å². The highest BCUT2D eigenvalue weighted by atomic mass is 35.5. The molecule has 0 atom stereocenters. The Morgan fingerprint density at radius 2 is 1.68 bits per heavy atom. The van der Waals surface area contributed by atoms with E-state index in [2.05, 4.69) is 4.98 Å². The molecule has 1 aromatic heterocycles. The standard InChI is InChI=1S/C23H18ClNO5S/c1-2-29-22(26)13-15-3-5-16(6-4-15)23-25-20-12-11-19(14-21(20)30-23)31(27,28)18-9-7-17(24)8-10-18/h3-12,14H,2,13H2,1H3. The summed E-state index contributed by atoms with van der Waals surface area (Å²) in [5.41, 5.74) is 2.43. The van der Waals surface area contributed by atoms with Crippen LogP contribution in [0, 0.1) is 0 Å². The fourth-order valence-electron chi connectivity index (χ4n) is 3.09. The van der Waals surface area contributed by atoms with Crippen LogP contribution in [-0.2, 0) is 25.8 Å². The monoisotopic (exact) mass is 455 g/mol. The van der Waals surface area contributed by atoms with Crippen LogP contribution in [0.15, 0.2) is 80.9 Å². The number of rotatable bonds is 6. The smallest absolute Gasteiger partial charge is 0.310 e. The van der Waals surface area contributed by atoms with Crippen LogP contribution in [-0.4, -0.2) is 26.0 Å². The Bertz CT molecular complexity index is 1340. The molecule has 0 fully saturated rings. The van der Waals surface area contributed by atoms with Gasteiger partial charge in [-0.2, -0.15) is 0 Å². The third-order valence-corrected chi connectivity index (χ3v) is 6.67. The first kappa shape index (κ1) is 21.1. The SMILES string of the molecule is CCOC(=O)Cc1ccc(-c2nc3ccc(S(=O)(=O)c4ccc(Cl)cc4)cc3o2)cc1. The highest BCUT2D eigenvalue weighted by molar-refractivity contribution is 7.91. The molecule has 6 nitrogen and oxygen atoms in total. The largest absolute Gasteiger partial charge is 0.466 e. The van der Waals surface area contributed by atoms with Gasteiger partial charge in [-0.25, -0.2) is 13.4 Å². The molecule has 0 spiro atoms. The van der Waals surface area contributed by atoms with Crippen LogP contribution < -0.4 is 0 Å². The van der Waals surface area contributed by atoms with Gasteiger partial charge in [0.15, 0.2) is 5.58 Å². The van der Waals surface area contributed by atoms with E-state index >= 15 is 0 Å². The number of ether oxygens (including phenoxy) is 1. The van der Waals surface area contributed by atoms with Crippen LogP contribution in [0.2, 0.25) is 5.02 Å². The molecule has 0 amide bonds. The summed E-state index contributed by atoms with van der Waals surface area (Å²) in [5, 5.41) is 0.461. The highest BCUT2D eigenvalue weighted by Gasteiger charge is 2.19. The van der Waals surface area contributed by atoms with E-state index in [9.17, 15) is 13.2 Å². The minimum Gasteiger partial charge on any atom is -0.466 e. The topological polar surface area (TPSA) is 86.5 Å². The lowest BCUT2D eigenvalue weighted by molar-refractivity contribution is -0.142. The fourth-order valence-corrected chi connectivity index (χ4v) is 4.49. The molecule has 8 heteroatoms. The number of hydrogen-bond acceptors (Lipinski definition) is 6. The molecule has 4 aromatic rings. The van der Waals surface area contributed by atoms with Crippen molar-refractivity contribution in [1.29, 1.82) is 0 Å². The van der Waals surface area contributed by atoms with Crippen LogP contribution in [0.5, 0.6) is 0 Å². The quantitative estimate of drug-likeness (QED) is 0.376. The summed E-state index contributed by atoms with van der Waals surface area (Å²) >= 11 is 5.85. The number of hydrogen-bond donors (Lipinski definition) is 0. The van der Waals surface area contributed by atoms with Crippen molar-refractivity contribution in [1.82, 2.24) is 4.98 Å². The summed E-state index contributed by atoms with van der Waals surface area (Å²) in [7, 11) is -3.71. The summed E-state index contributed by atoms with van der Waals surface area (Å²) < 4.78 is 36.6. The molecule has 31 heavy (non-hydrogen) atoms. The number of halogens is 1. The van der Waals surface area contributed by atoms with Crippen molar-refractivity contribution in [3.8, 4) is 11.5 Å². The van der Waals surface area contributed by atoms with Gasteiger partial charge in [0.1, 0.15) is 5.52 Å². The molecule has 0 saturated heterocycles. The molecule has 4 rings (SSSR count). The van der Waals surface area contributed by atoms with Crippen molar-refractivity contribution < 1.29 is 22.4 Å². The summed E-state index contributed by atoms with van der Waals surface area (Å²) in [6.45, 7) is 2.11. The Hall–Kier alpha value is -3.16. The van der Waals surface area contributed by atoms with Gasteiger partial charge in [0.25, 0.3) is 0 Å². The Balaban J connectivity index is 1.62. The van der Waals surface area contributed by atoms with Crippen molar-refractivity contribution in [2.45, 2.75) is 23.1 Å². The van der Waals surface area contributed by atoms with Gasteiger partial charge in [0.05, 0.1) is 22.8 Å². The van der Waals surface area contributed by atoms with Crippen LogP contribution in [0.1, 0.15) is 12.5 Å². The number of aromatic nitrogens is 1. The van der Waals surface area contributed by atoms with E-state index in [1.807, 2.05) is 0 Å². The average Bonchev–Trinajstić information content (AvgIpc) is 3.18. The van der Waals surface area contributed by atoms with Crippen molar-refractivity contribution in [2.75, 3.05) is 6.61 Å². The Morgan fingerprint density at radius 1 is 1.00 bits per heavy atom. The van der Waals surface area contributed by atoms with Crippen molar-refractivity contribution >= 4 is 38.5 Å². The van der Waals surface area contributed by atoms with Gasteiger partial charge >= 0.3 is 5.97 Å². The van der Waals surface area contributed by atoms with Gasteiger partial charge in [-0.05, 0) is 61.0 Å². The first-order valence-electron chi connectivity index (χ1n) is 9.53. The minimum atomic E-state index is -3.71. The first-order valence-corrected chi connectivity index (χ1v) is 11.4. The number of esters is 1.